The Morgan fingerprint density at radius 1 is 1.17 bits per heavy atom. The highest BCUT2D eigenvalue weighted by Gasteiger charge is 2.29. The minimum absolute atomic E-state index is 0.495. The maximum absolute atomic E-state index is 2.55. The molecule has 0 N–H and O–H groups in total. The third-order valence-electron chi connectivity index (χ3n) is 2.45. The van der Waals surface area contributed by atoms with Crippen molar-refractivity contribution < 1.29 is 0 Å². The second-order valence-electron chi connectivity index (χ2n) is 4.20. The lowest BCUT2D eigenvalue weighted by Gasteiger charge is -2.29. The lowest BCUT2D eigenvalue weighted by atomic mass is 10.0. The SMILES string of the molecule is CCC.CCN1CCCC1(C)C. The summed E-state index contributed by atoms with van der Waals surface area (Å²) in [4.78, 5) is 2.55. The smallest absolute Gasteiger partial charge is 0.0153 e. The fourth-order valence-corrected chi connectivity index (χ4v) is 1.75. The Morgan fingerprint density at radius 3 is 1.83 bits per heavy atom. The quantitative estimate of drug-likeness (QED) is 0.585. The van der Waals surface area contributed by atoms with E-state index in [4.69, 9.17) is 0 Å². The highest BCUT2D eigenvalue weighted by atomic mass is 15.2. The lowest BCUT2D eigenvalue weighted by molar-refractivity contribution is 0.185. The summed E-state index contributed by atoms with van der Waals surface area (Å²) >= 11 is 0. The Bertz CT molecular complexity index is 108. The summed E-state index contributed by atoms with van der Waals surface area (Å²) in [5.41, 5.74) is 0.495. The largest absolute Gasteiger partial charge is 0.298 e. The van der Waals surface area contributed by atoms with Gasteiger partial charge in [0, 0.05) is 5.54 Å². The van der Waals surface area contributed by atoms with Gasteiger partial charge >= 0.3 is 0 Å². The van der Waals surface area contributed by atoms with Gasteiger partial charge in [0.2, 0.25) is 0 Å². The van der Waals surface area contributed by atoms with E-state index in [9.17, 15) is 0 Å². The van der Waals surface area contributed by atoms with Crippen molar-refractivity contribution in [1.29, 1.82) is 0 Å². The van der Waals surface area contributed by atoms with Crippen LogP contribution >= 0.6 is 0 Å². The van der Waals surface area contributed by atoms with E-state index in [1.807, 2.05) is 0 Å². The number of hydrogen-bond acceptors (Lipinski definition) is 1. The van der Waals surface area contributed by atoms with Crippen molar-refractivity contribution in [2.75, 3.05) is 13.1 Å². The van der Waals surface area contributed by atoms with Crippen LogP contribution in [0, 0.1) is 0 Å². The summed E-state index contributed by atoms with van der Waals surface area (Å²) in [5, 5.41) is 0. The molecule has 0 saturated carbocycles. The van der Waals surface area contributed by atoms with Crippen LogP contribution in [0.5, 0.6) is 0 Å². The first-order chi connectivity index (χ1) is 5.58. The zero-order valence-corrected chi connectivity index (χ0v) is 9.48. The maximum Gasteiger partial charge on any atom is 0.0153 e. The summed E-state index contributed by atoms with van der Waals surface area (Å²) in [6.45, 7) is 13.7. The molecule has 1 aliphatic rings. The molecule has 0 aromatic carbocycles. The molecule has 1 rings (SSSR count). The van der Waals surface area contributed by atoms with Crippen molar-refractivity contribution >= 4 is 0 Å². The number of likely N-dealkylation sites (tertiary alicyclic amines) is 1. The molecule has 12 heavy (non-hydrogen) atoms. The minimum atomic E-state index is 0.495. The molecular formula is C11H25N. The maximum atomic E-state index is 2.55. The van der Waals surface area contributed by atoms with E-state index in [-0.39, 0.29) is 0 Å². The van der Waals surface area contributed by atoms with Gasteiger partial charge in [0.25, 0.3) is 0 Å². The lowest BCUT2D eigenvalue weighted by Crippen LogP contribution is -2.37. The van der Waals surface area contributed by atoms with Gasteiger partial charge in [-0.25, -0.2) is 0 Å². The van der Waals surface area contributed by atoms with E-state index in [1.165, 1.54) is 32.4 Å². The van der Waals surface area contributed by atoms with Crippen LogP contribution in [0.25, 0.3) is 0 Å². The van der Waals surface area contributed by atoms with Crippen LogP contribution in [0.2, 0.25) is 0 Å². The van der Waals surface area contributed by atoms with Gasteiger partial charge in [-0.3, -0.25) is 4.90 Å². The molecule has 1 fully saturated rings. The van der Waals surface area contributed by atoms with Gasteiger partial charge in [0.1, 0.15) is 0 Å². The highest BCUT2D eigenvalue weighted by Crippen LogP contribution is 2.26. The van der Waals surface area contributed by atoms with Crippen molar-refractivity contribution in [3.05, 3.63) is 0 Å². The third-order valence-corrected chi connectivity index (χ3v) is 2.45. The second kappa shape index (κ2) is 5.58. The van der Waals surface area contributed by atoms with Crippen molar-refractivity contribution in [3.63, 3.8) is 0 Å². The molecule has 0 unspecified atom stereocenters. The van der Waals surface area contributed by atoms with Crippen LogP contribution in [0.1, 0.15) is 53.9 Å². The molecule has 1 heterocycles. The van der Waals surface area contributed by atoms with E-state index < -0.39 is 0 Å². The molecular weight excluding hydrogens is 146 g/mol. The van der Waals surface area contributed by atoms with Crippen molar-refractivity contribution in [1.82, 2.24) is 4.90 Å². The normalized spacial score (nSPS) is 21.8. The van der Waals surface area contributed by atoms with Gasteiger partial charge in [-0.2, -0.15) is 0 Å². The van der Waals surface area contributed by atoms with E-state index in [0.29, 0.717) is 5.54 Å². The number of nitrogens with zero attached hydrogens (tertiary/aromatic N) is 1. The van der Waals surface area contributed by atoms with E-state index in [0.717, 1.165) is 0 Å². The molecule has 1 heteroatoms. The van der Waals surface area contributed by atoms with Crippen LogP contribution in [0.3, 0.4) is 0 Å². The number of rotatable bonds is 1. The van der Waals surface area contributed by atoms with Gasteiger partial charge < -0.3 is 0 Å². The Labute approximate surface area is 78.1 Å². The standard InChI is InChI=1S/C8H17N.C3H8/c1-4-9-7-5-6-8(9,2)3;1-3-2/h4-7H2,1-3H3;3H2,1-2H3. The van der Waals surface area contributed by atoms with Gasteiger partial charge in [0.05, 0.1) is 0 Å². The molecule has 1 nitrogen and oxygen atoms in total. The predicted octanol–water partition coefficient (Wildman–Crippen LogP) is 3.30. The fourth-order valence-electron chi connectivity index (χ4n) is 1.75. The second-order valence-corrected chi connectivity index (χ2v) is 4.20. The van der Waals surface area contributed by atoms with Crippen LogP contribution in [0.15, 0.2) is 0 Å². The van der Waals surface area contributed by atoms with Crippen LogP contribution < -0.4 is 0 Å². The third kappa shape index (κ3) is 3.57. The summed E-state index contributed by atoms with van der Waals surface area (Å²) in [7, 11) is 0. The summed E-state index contributed by atoms with van der Waals surface area (Å²) in [6.07, 6.45) is 4.02. The minimum Gasteiger partial charge on any atom is -0.298 e. The van der Waals surface area contributed by atoms with Gasteiger partial charge in [-0.15, -0.1) is 0 Å². The summed E-state index contributed by atoms with van der Waals surface area (Å²) < 4.78 is 0. The first-order valence-corrected chi connectivity index (χ1v) is 5.33. The van der Waals surface area contributed by atoms with E-state index in [1.54, 1.807) is 0 Å². The molecule has 1 aliphatic heterocycles. The Balaban J connectivity index is 0.000000354. The molecule has 0 amide bonds. The molecule has 74 valence electrons. The molecule has 0 atom stereocenters. The summed E-state index contributed by atoms with van der Waals surface area (Å²) in [6, 6.07) is 0. The van der Waals surface area contributed by atoms with Gasteiger partial charge in [0.15, 0.2) is 0 Å². The average Bonchev–Trinajstić information content (AvgIpc) is 2.30. The Kier molecular flexibility index (Phi) is 5.56. The zero-order valence-electron chi connectivity index (χ0n) is 9.48. The van der Waals surface area contributed by atoms with Crippen molar-refractivity contribution in [2.24, 2.45) is 0 Å². The van der Waals surface area contributed by atoms with Crippen LogP contribution in [0.4, 0.5) is 0 Å². The van der Waals surface area contributed by atoms with E-state index >= 15 is 0 Å². The average molecular weight is 171 g/mol. The van der Waals surface area contributed by atoms with Crippen molar-refractivity contribution in [2.45, 2.75) is 59.4 Å². The zero-order chi connectivity index (χ0) is 9.61. The predicted molar refractivity (Wildman–Crippen MR) is 56.5 cm³/mol. The van der Waals surface area contributed by atoms with E-state index in [2.05, 4.69) is 39.5 Å². The Morgan fingerprint density at radius 2 is 1.67 bits per heavy atom. The fraction of sp³-hybridized carbons (Fsp3) is 1.00. The van der Waals surface area contributed by atoms with Gasteiger partial charge in [-0.1, -0.05) is 27.2 Å². The van der Waals surface area contributed by atoms with Gasteiger partial charge in [-0.05, 0) is 39.8 Å². The Hall–Kier alpha value is -0.0400. The molecule has 1 saturated heterocycles. The number of hydrogen-bond donors (Lipinski definition) is 0. The molecule has 0 aromatic rings. The molecule has 0 aliphatic carbocycles. The first-order valence-electron chi connectivity index (χ1n) is 5.33. The highest BCUT2D eigenvalue weighted by molar-refractivity contribution is 4.86. The molecule has 0 spiro atoms. The monoisotopic (exact) mass is 171 g/mol. The summed E-state index contributed by atoms with van der Waals surface area (Å²) in [5.74, 6) is 0. The molecule has 0 radical (unpaired) electrons. The van der Waals surface area contributed by atoms with Crippen LogP contribution in [-0.4, -0.2) is 23.5 Å². The van der Waals surface area contributed by atoms with Crippen LogP contribution in [-0.2, 0) is 0 Å². The first kappa shape index (κ1) is 12.0. The molecule has 0 bridgehead atoms. The van der Waals surface area contributed by atoms with Crippen molar-refractivity contribution in [3.8, 4) is 0 Å². The topological polar surface area (TPSA) is 3.24 Å². The molecule has 0 aromatic heterocycles.